The van der Waals surface area contributed by atoms with E-state index in [9.17, 15) is 14.0 Å². The number of carbonyl (C=O) groups is 2. The number of nitrogens with one attached hydrogen (secondary N) is 1. The highest BCUT2D eigenvalue weighted by molar-refractivity contribution is 5.97. The van der Waals surface area contributed by atoms with Gasteiger partial charge in [0.15, 0.2) is 0 Å². The molecule has 0 aliphatic rings. The topological polar surface area (TPSA) is 55.4 Å². The van der Waals surface area contributed by atoms with Crippen molar-refractivity contribution in [3.05, 3.63) is 71.0 Å². The fraction of sp³-hybridized carbons (Fsp3) is 0.176. The number of ether oxygens (including phenoxy) is 1. The standard InChI is InChI=1S/C17H16FNO3/c1-12-7-8-14(18)9-15(12)17(21)19-10-16(20)22-11-13-5-3-2-4-6-13/h2-9H,10-11H2,1H3,(H,19,21). The molecule has 0 radical (unpaired) electrons. The fourth-order valence-electron chi connectivity index (χ4n) is 1.88. The average molecular weight is 301 g/mol. The summed E-state index contributed by atoms with van der Waals surface area (Å²) in [7, 11) is 0. The van der Waals surface area contributed by atoms with E-state index in [2.05, 4.69) is 5.32 Å². The van der Waals surface area contributed by atoms with Crippen molar-refractivity contribution in [1.29, 1.82) is 0 Å². The molecule has 0 aliphatic heterocycles. The van der Waals surface area contributed by atoms with Crippen LogP contribution in [-0.4, -0.2) is 18.4 Å². The Morgan fingerprint density at radius 3 is 2.59 bits per heavy atom. The minimum atomic E-state index is -0.550. The second kappa shape index (κ2) is 7.36. The van der Waals surface area contributed by atoms with Gasteiger partial charge in [-0.2, -0.15) is 0 Å². The van der Waals surface area contributed by atoms with E-state index in [0.29, 0.717) is 5.56 Å². The van der Waals surface area contributed by atoms with Crippen molar-refractivity contribution in [2.24, 2.45) is 0 Å². The van der Waals surface area contributed by atoms with Crippen molar-refractivity contribution in [3.8, 4) is 0 Å². The van der Waals surface area contributed by atoms with E-state index in [1.807, 2.05) is 30.3 Å². The van der Waals surface area contributed by atoms with Crippen LogP contribution in [0.3, 0.4) is 0 Å². The normalized spacial score (nSPS) is 10.1. The average Bonchev–Trinajstić information content (AvgIpc) is 2.54. The Kier molecular flexibility index (Phi) is 5.25. The molecule has 0 aliphatic carbocycles. The third-order valence-electron chi connectivity index (χ3n) is 3.08. The SMILES string of the molecule is Cc1ccc(F)cc1C(=O)NCC(=O)OCc1ccccc1. The Bertz CT molecular complexity index is 671. The zero-order valence-electron chi connectivity index (χ0n) is 12.1. The molecule has 0 unspecified atom stereocenters. The largest absolute Gasteiger partial charge is 0.460 e. The zero-order valence-corrected chi connectivity index (χ0v) is 12.1. The molecule has 114 valence electrons. The van der Waals surface area contributed by atoms with Crippen molar-refractivity contribution < 1.29 is 18.7 Å². The molecule has 2 aromatic rings. The van der Waals surface area contributed by atoms with Crippen LogP contribution >= 0.6 is 0 Å². The summed E-state index contributed by atoms with van der Waals surface area (Å²) in [5.74, 6) is -1.55. The zero-order chi connectivity index (χ0) is 15.9. The van der Waals surface area contributed by atoms with Crippen LogP contribution in [0.5, 0.6) is 0 Å². The second-order valence-corrected chi connectivity index (χ2v) is 4.79. The van der Waals surface area contributed by atoms with Crippen LogP contribution < -0.4 is 5.32 Å². The summed E-state index contributed by atoms with van der Waals surface area (Å²) < 4.78 is 18.2. The van der Waals surface area contributed by atoms with E-state index in [4.69, 9.17) is 4.74 Å². The minimum Gasteiger partial charge on any atom is -0.460 e. The molecule has 2 rings (SSSR count). The highest BCUT2D eigenvalue weighted by Gasteiger charge is 2.12. The van der Waals surface area contributed by atoms with Gasteiger partial charge in [-0.3, -0.25) is 9.59 Å². The molecule has 22 heavy (non-hydrogen) atoms. The maximum Gasteiger partial charge on any atom is 0.325 e. The smallest absolute Gasteiger partial charge is 0.325 e. The van der Waals surface area contributed by atoms with Gasteiger partial charge in [-0.15, -0.1) is 0 Å². The van der Waals surface area contributed by atoms with Gasteiger partial charge in [-0.1, -0.05) is 36.4 Å². The number of esters is 1. The Morgan fingerprint density at radius 2 is 1.86 bits per heavy atom. The third-order valence-corrected chi connectivity index (χ3v) is 3.08. The summed E-state index contributed by atoms with van der Waals surface area (Å²) in [6, 6.07) is 13.2. The third kappa shape index (κ3) is 4.41. The van der Waals surface area contributed by atoms with Crippen molar-refractivity contribution >= 4 is 11.9 Å². The fourth-order valence-corrected chi connectivity index (χ4v) is 1.88. The van der Waals surface area contributed by atoms with Crippen LogP contribution in [0.15, 0.2) is 48.5 Å². The van der Waals surface area contributed by atoms with Gasteiger partial charge < -0.3 is 10.1 Å². The number of amides is 1. The van der Waals surface area contributed by atoms with Crippen molar-refractivity contribution in [2.75, 3.05) is 6.54 Å². The first-order valence-electron chi connectivity index (χ1n) is 6.80. The molecule has 1 N–H and O–H groups in total. The molecule has 0 heterocycles. The number of carbonyl (C=O) groups excluding carboxylic acids is 2. The molecule has 0 aromatic heterocycles. The number of hydrogen-bond acceptors (Lipinski definition) is 3. The second-order valence-electron chi connectivity index (χ2n) is 4.79. The Balaban J connectivity index is 1.83. The lowest BCUT2D eigenvalue weighted by atomic mass is 10.1. The van der Waals surface area contributed by atoms with Crippen LogP contribution in [-0.2, 0) is 16.1 Å². The van der Waals surface area contributed by atoms with Crippen LogP contribution in [0.25, 0.3) is 0 Å². The monoisotopic (exact) mass is 301 g/mol. The molecule has 0 saturated heterocycles. The van der Waals surface area contributed by atoms with E-state index < -0.39 is 17.7 Å². The Hall–Kier alpha value is -2.69. The number of aryl methyl sites for hydroxylation is 1. The van der Waals surface area contributed by atoms with Crippen LogP contribution in [0.4, 0.5) is 4.39 Å². The minimum absolute atomic E-state index is 0.147. The first kappa shape index (κ1) is 15.7. The number of halogens is 1. The van der Waals surface area contributed by atoms with Crippen LogP contribution in [0.2, 0.25) is 0 Å². The van der Waals surface area contributed by atoms with E-state index in [1.54, 1.807) is 6.92 Å². The molecule has 0 fully saturated rings. The van der Waals surface area contributed by atoms with Crippen LogP contribution in [0, 0.1) is 12.7 Å². The highest BCUT2D eigenvalue weighted by atomic mass is 19.1. The highest BCUT2D eigenvalue weighted by Crippen LogP contribution is 2.09. The Labute approximate surface area is 127 Å². The Morgan fingerprint density at radius 1 is 1.14 bits per heavy atom. The molecule has 5 heteroatoms. The predicted octanol–water partition coefficient (Wildman–Crippen LogP) is 2.61. The molecule has 0 bridgehead atoms. The van der Waals surface area contributed by atoms with Crippen LogP contribution in [0.1, 0.15) is 21.5 Å². The lowest BCUT2D eigenvalue weighted by Crippen LogP contribution is -2.31. The van der Waals surface area contributed by atoms with Gasteiger partial charge in [0.2, 0.25) is 0 Å². The quantitative estimate of drug-likeness (QED) is 0.864. The van der Waals surface area contributed by atoms with Gasteiger partial charge in [0.25, 0.3) is 5.91 Å². The predicted molar refractivity (Wildman–Crippen MR) is 79.7 cm³/mol. The lowest BCUT2D eigenvalue weighted by Gasteiger charge is -2.08. The molecule has 0 spiro atoms. The van der Waals surface area contributed by atoms with Gasteiger partial charge in [-0.05, 0) is 30.2 Å². The molecule has 1 amide bonds. The number of benzene rings is 2. The molecule has 2 aromatic carbocycles. The summed E-state index contributed by atoms with van der Waals surface area (Å²) in [6.45, 7) is 1.58. The van der Waals surface area contributed by atoms with E-state index in [1.165, 1.54) is 12.1 Å². The van der Waals surface area contributed by atoms with Gasteiger partial charge in [-0.25, -0.2) is 4.39 Å². The van der Waals surface area contributed by atoms with E-state index in [-0.39, 0.29) is 18.7 Å². The van der Waals surface area contributed by atoms with Crippen molar-refractivity contribution in [2.45, 2.75) is 13.5 Å². The molecule has 4 nitrogen and oxygen atoms in total. The van der Waals surface area contributed by atoms with Crippen molar-refractivity contribution in [3.63, 3.8) is 0 Å². The molecular formula is C17H16FNO3. The van der Waals surface area contributed by atoms with Gasteiger partial charge in [0.05, 0.1) is 0 Å². The molecular weight excluding hydrogens is 285 g/mol. The summed E-state index contributed by atoms with van der Waals surface area (Å²) in [4.78, 5) is 23.5. The van der Waals surface area contributed by atoms with Gasteiger partial charge in [0, 0.05) is 5.56 Å². The number of rotatable bonds is 5. The van der Waals surface area contributed by atoms with Crippen molar-refractivity contribution in [1.82, 2.24) is 5.32 Å². The molecule has 0 atom stereocenters. The van der Waals surface area contributed by atoms with Gasteiger partial charge in [0.1, 0.15) is 19.0 Å². The van der Waals surface area contributed by atoms with Gasteiger partial charge >= 0.3 is 5.97 Å². The first-order valence-corrected chi connectivity index (χ1v) is 6.80. The van der Waals surface area contributed by atoms with E-state index in [0.717, 1.165) is 11.6 Å². The summed E-state index contributed by atoms with van der Waals surface area (Å²) >= 11 is 0. The first-order chi connectivity index (χ1) is 10.6. The summed E-state index contributed by atoms with van der Waals surface area (Å²) in [5, 5.41) is 2.42. The maximum absolute atomic E-state index is 13.1. The summed E-state index contributed by atoms with van der Waals surface area (Å²) in [5.41, 5.74) is 1.70. The summed E-state index contributed by atoms with van der Waals surface area (Å²) in [6.07, 6.45) is 0. The lowest BCUT2D eigenvalue weighted by molar-refractivity contribution is -0.143. The number of hydrogen-bond donors (Lipinski definition) is 1. The maximum atomic E-state index is 13.1. The van der Waals surface area contributed by atoms with E-state index >= 15 is 0 Å². The molecule has 0 saturated carbocycles.